The van der Waals surface area contributed by atoms with E-state index in [-0.39, 0.29) is 0 Å². The summed E-state index contributed by atoms with van der Waals surface area (Å²) in [6.45, 7) is 2.44. The molecule has 1 aliphatic rings. The summed E-state index contributed by atoms with van der Waals surface area (Å²) in [6.07, 6.45) is 8.42. The van der Waals surface area contributed by atoms with E-state index in [2.05, 4.69) is 67.6 Å². The normalized spacial score (nSPS) is 26.2. The molecule has 0 nitrogen and oxygen atoms in total. The summed E-state index contributed by atoms with van der Waals surface area (Å²) < 4.78 is 0. The van der Waals surface area contributed by atoms with Crippen molar-refractivity contribution in [2.24, 2.45) is 5.92 Å². The molecule has 1 fully saturated rings. The van der Waals surface area contributed by atoms with Gasteiger partial charge in [0.15, 0.2) is 0 Å². The van der Waals surface area contributed by atoms with Crippen molar-refractivity contribution in [3.05, 3.63) is 66.2 Å². The molecule has 21 heavy (non-hydrogen) atoms. The van der Waals surface area contributed by atoms with Gasteiger partial charge < -0.3 is 0 Å². The lowest BCUT2D eigenvalue weighted by Gasteiger charge is -2.26. The van der Waals surface area contributed by atoms with Gasteiger partial charge >= 0.3 is 0 Å². The molecule has 0 radical (unpaired) electrons. The maximum Gasteiger partial charge on any atom is 0.0943 e. The van der Waals surface area contributed by atoms with Crippen LogP contribution in [0.5, 0.6) is 0 Å². The molecule has 0 amide bonds. The third-order valence-electron chi connectivity index (χ3n) is 4.96. The zero-order valence-corrected chi connectivity index (χ0v) is 13.9. The molecule has 110 valence electrons. The Morgan fingerprint density at radius 1 is 0.857 bits per heavy atom. The molecule has 2 atom stereocenters. The maximum atomic E-state index is 2.44. The van der Waals surface area contributed by atoms with Crippen molar-refractivity contribution < 1.29 is 0 Å². The summed E-state index contributed by atoms with van der Waals surface area (Å²) in [5, 5.41) is 1.66. The summed E-state index contributed by atoms with van der Waals surface area (Å²) in [5.41, 5.74) is 1.53. The summed E-state index contributed by atoms with van der Waals surface area (Å²) in [6, 6.07) is 22.6. The second kappa shape index (κ2) is 6.75. The van der Waals surface area contributed by atoms with E-state index in [9.17, 15) is 0 Å². The molecule has 3 rings (SSSR count). The third-order valence-corrected chi connectivity index (χ3v) is 9.62. The van der Waals surface area contributed by atoms with Crippen molar-refractivity contribution in [2.75, 3.05) is 12.3 Å². The van der Waals surface area contributed by atoms with Crippen molar-refractivity contribution in [2.45, 2.75) is 32.3 Å². The van der Waals surface area contributed by atoms with Gasteiger partial charge in [-0.2, -0.15) is 0 Å². The predicted octanol–water partition coefficient (Wildman–Crippen LogP) is 5.35. The van der Waals surface area contributed by atoms with E-state index in [4.69, 9.17) is 0 Å². The molecule has 1 heterocycles. The van der Waals surface area contributed by atoms with Gasteiger partial charge in [0.1, 0.15) is 0 Å². The fourth-order valence-corrected chi connectivity index (χ4v) is 8.33. The van der Waals surface area contributed by atoms with Crippen LogP contribution < -0.4 is 5.30 Å². The Kier molecular flexibility index (Phi) is 4.76. The van der Waals surface area contributed by atoms with E-state index in [1.807, 2.05) is 0 Å². The van der Waals surface area contributed by atoms with Gasteiger partial charge in [-0.1, -0.05) is 55.5 Å². The van der Waals surface area contributed by atoms with Gasteiger partial charge in [0.25, 0.3) is 0 Å². The third kappa shape index (κ3) is 3.55. The van der Waals surface area contributed by atoms with Gasteiger partial charge in [0, 0.05) is 0 Å². The Morgan fingerprint density at radius 2 is 1.52 bits per heavy atom. The largest absolute Gasteiger partial charge is 0.0943 e. The molecule has 0 aromatic heterocycles. The maximum absolute atomic E-state index is 2.44. The topological polar surface area (TPSA) is 0 Å². The zero-order chi connectivity index (χ0) is 14.5. The minimum atomic E-state index is -1.05. The van der Waals surface area contributed by atoms with E-state index in [1.54, 1.807) is 5.30 Å². The average molecular weight is 297 g/mol. The number of rotatable bonds is 3. The van der Waals surface area contributed by atoms with Crippen molar-refractivity contribution in [1.29, 1.82) is 0 Å². The molecule has 0 saturated carbocycles. The predicted molar refractivity (Wildman–Crippen MR) is 95.9 cm³/mol. The Balaban J connectivity index is 1.94. The second-order valence-electron chi connectivity index (χ2n) is 6.61. The molecular weight excluding hydrogens is 271 g/mol. The van der Waals surface area contributed by atoms with Gasteiger partial charge in [-0.25, -0.2) is 0 Å². The standard InChI is InChI=1S/C20H26P/c1-18-9-8-15-21(16-14-18,20-12-6-3-7-13-20)17-19-10-4-2-5-11-19/h2-7,10-13,18H,8-9,14-17H2,1H3/q+1. The van der Waals surface area contributed by atoms with Crippen LogP contribution in [0.15, 0.2) is 60.7 Å². The highest BCUT2D eigenvalue weighted by Crippen LogP contribution is 2.63. The SMILES string of the molecule is CC1CCC[P+](Cc2ccccc2)(c2ccccc2)CC1. The first kappa shape index (κ1) is 14.8. The second-order valence-corrected chi connectivity index (χ2v) is 10.6. The van der Waals surface area contributed by atoms with E-state index >= 15 is 0 Å². The molecule has 0 aliphatic carbocycles. The lowest BCUT2D eigenvalue weighted by Crippen LogP contribution is -2.18. The Bertz CT molecular complexity index is 549. The first-order valence-electron chi connectivity index (χ1n) is 8.24. The van der Waals surface area contributed by atoms with Gasteiger partial charge in [-0.3, -0.25) is 0 Å². The summed E-state index contributed by atoms with van der Waals surface area (Å²) in [7, 11) is -1.05. The molecule has 2 unspecified atom stereocenters. The number of benzene rings is 2. The first-order chi connectivity index (χ1) is 10.3. The van der Waals surface area contributed by atoms with E-state index in [0.717, 1.165) is 5.92 Å². The molecule has 0 bridgehead atoms. The molecule has 1 heteroatoms. The summed E-state index contributed by atoms with van der Waals surface area (Å²) >= 11 is 0. The van der Waals surface area contributed by atoms with E-state index in [1.165, 1.54) is 43.3 Å². The lowest BCUT2D eigenvalue weighted by molar-refractivity contribution is 0.523. The van der Waals surface area contributed by atoms with Gasteiger partial charge in [-0.15, -0.1) is 0 Å². The molecule has 0 spiro atoms. The molecule has 1 saturated heterocycles. The van der Waals surface area contributed by atoms with Crippen LogP contribution in [-0.2, 0) is 6.16 Å². The number of hydrogen-bond acceptors (Lipinski definition) is 0. The highest BCUT2D eigenvalue weighted by molar-refractivity contribution is 7.82. The van der Waals surface area contributed by atoms with Crippen LogP contribution in [0.4, 0.5) is 0 Å². The van der Waals surface area contributed by atoms with E-state index < -0.39 is 7.26 Å². The number of hydrogen-bond donors (Lipinski definition) is 0. The van der Waals surface area contributed by atoms with Crippen LogP contribution >= 0.6 is 7.26 Å². The van der Waals surface area contributed by atoms with Crippen LogP contribution in [0, 0.1) is 5.92 Å². The fraction of sp³-hybridized carbons (Fsp3) is 0.400. The average Bonchev–Trinajstić information content (AvgIpc) is 2.72. The Morgan fingerprint density at radius 3 is 2.24 bits per heavy atom. The van der Waals surface area contributed by atoms with Crippen molar-refractivity contribution in [3.63, 3.8) is 0 Å². The molecule has 1 aliphatic heterocycles. The van der Waals surface area contributed by atoms with Crippen molar-refractivity contribution in [3.8, 4) is 0 Å². The quantitative estimate of drug-likeness (QED) is 0.670. The zero-order valence-electron chi connectivity index (χ0n) is 13.0. The summed E-state index contributed by atoms with van der Waals surface area (Å²) in [4.78, 5) is 0. The van der Waals surface area contributed by atoms with Crippen molar-refractivity contribution in [1.82, 2.24) is 0 Å². The summed E-state index contributed by atoms with van der Waals surface area (Å²) in [5.74, 6) is 0.909. The molecule has 0 N–H and O–H groups in total. The molecule has 2 aromatic rings. The minimum Gasteiger partial charge on any atom is -0.0624 e. The Hall–Kier alpha value is -1.13. The Labute approximate surface area is 129 Å². The van der Waals surface area contributed by atoms with Gasteiger partial charge in [0.05, 0.1) is 31.1 Å². The van der Waals surface area contributed by atoms with Crippen LogP contribution in [0.1, 0.15) is 31.7 Å². The van der Waals surface area contributed by atoms with Crippen LogP contribution in [0.2, 0.25) is 0 Å². The van der Waals surface area contributed by atoms with E-state index in [0.29, 0.717) is 0 Å². The first-order valence-corrected chi connectivity index (χ1v) is 10.6. The smallest absolute Gasteiger partial charge is 0.0624 e. The highest BCUT2D eigenvalue weighted by atomic mass is 31.2. The molecular formula is C20H26P+. The molecule has 2 aromatic carbocycles. The monoisotopic (exact) mass is 297 g/mol. The minimum absolute atomic E-state index is 0.909. The van der Waals surface area contributed by atoms with Gasteiger partial charge in [-0.05, 0) is 42.9 Å². The lowest BCUT2D eigenvalue weighted by atomic mass is 10.0. The van der Waals surface area contributed by atoms with Gasteiger partial charge in [0.2, 0.25) is 0 Å². The highest BCUT2D eigenvalue weighted by Gasteiger charge is 2.41. The van der Waals surface area contributed by atoms with Crippen LogP contribution in [0.3, 0.4) is 0 Å². The van der Waals surface area contributed by atoms with Crippen molar-refractivity contribution >= 4 is 12.6 Å². The van der Waals surface area contributed by atoms with Crippen LogP contribution in [0.25, 0.3) is 0 Å². The fourth-order valence-electron chi connectivity index (χ4n) is 3.65. The van der Waals surface area contributed by atoms with Crippen LogP contribution in [-0.4, -0.2) is 12.3 Å².